The first-order valence-electron chi connectivity index (χ1n) is 12.3. The Morgan fingerprint density at radius 1 is 1.26 bits per heavy atom. The van der Waals surface area contributed by atoms with Crippen LogP contribution >= 0.6 is 7.60 Å². The van der Waals surface area contributed by atoms with E-state index in [-0.39, 0.29) is 30.8 Å². The van der Waals surface area contributed by atoms with E-state index in [1.54, 1.807) is 0 Å². The maximum absolute atomic E-state index is 11.1. The molecule has 3 fully saturated rings. The summed E-state index contributed by atoms with van der Waals surface area (Å²) in [5, 5.41) is 14.6. The Bertz CT molecular complexity index is 1190. The molecule has 2 aromatic heterocycles. The van der Waals surface area contributed by atoms with Crippen molar-refractivity contribution in [1.82, 2.24) is 14.5 Å². The van der Waals surface area contributed by atoms with Crippen molar-refractivity contribution >= 4 is 24.4 Å². The van der Waals surface area contributed by atoms with Gasteiger partial charge >= 0.3 is 7.60 Å². The number of rotatable bonds is 7. The lowest BCUT2D eigenvalue weighted by atomic mass is 9.93. The van der Waals surface area contributed by atoms with Gasteiger partial charge < -0.3 is 34.3 Å². The van der Waals surface area contributed by atoms with Gasteiger partial charge in [0, 0.05) is 18.2 Å². The number of fused-ring (bicyclic) bond motifs is 1. The molecule has 0 aromatic carbocycles. The molecule has 35 heavy (non-hydrogen) atoms. The van der Waals surface area contributed by atoms with Crippen molar-refractivity contribution in [3.8, 4) is 11.8 Å². The van der Waals surface area contributed by atoms with Gasteiger partial charge in [-0.15, -0.1) is 0 Å². The lowest BCUT2D eigenvalue weighted by Crippen LogP contribution is -2.22. The molecule has 1 aliphatic heterocycles. The molecule has 3 heterocycles. The van der Waals surface area contributed by atoms with Crippen molar-refractivity contribution in [2.45, 2.75) is 76.3 Å². The Morgan fingerprint density at radius 2 is 2.00 bits per heavy atom. The number of aromatic nitrogens is 3. The number of anilines is 1. The van der Waals surface area contributed by atoms with Crippen molar-refractivity contribution in [3.63, 3.8) is 0 Å². The van der Waals surface area contributed by atoms with Crippen molar-refractivity contribution in [1.29, 1.82) is 0 Å². The number of ether oxygens (including phenoxy) is 2. The Balaban J connectivity index is 1.44. The van der Waals surface area contributed by atoms with Gasteiger partial charge in [-0.05, 0) is 43.6 Å². The van der Waals surface area contributed by atoms with Crippen LogP contribution < -0.4 is 5.32 Å². The van der Waals surface area contributed by atoms with Crippen LogP contribution in [0.4, 0.5) is 5.82 Å². The molecule has 5 rings (SSSR count). The standard InChI is InChI=1S/C24H33N4O6P/c1-15-16(2)23(34-19(15)13-33-14-35(30,31)32)28-12-8-18-21(25-17-5-3-4-6-17)26-20(27-22(18)28)7-9-24(29)10-11-24/h8,12,15-17,19,23,29H,3-6,10-11,13-14H2,1-2H3,(H,25,26,27)(H2,30,31,32)/t15-,16+,19-,23+/m0/s1. The summed E-state index contributed by atoms with van der Waals surface area (Å²) < 4.78 is 24.7. The van der Waals surface area contributed by atoms with Crippen LogP contribution in [0.3, 0.4) is 0 Å². The Morgan fingerprint density at radius 3 is 2.69 bits per heavy atom. The molecule has 0 bridgehead atoms. The van der Waals surface area contributed by atoms with Gasteiger partial charge in [0.15, 0.2) is 0 Å². The molecule has 11 heteroatoms. The first kappa shape index (κ1) is 24.7. The topological polar surface area (TPSA) is 139 Å². The number of nitrogens with one attached hydrogen (secondary N) is 1. The third-order valence-electron chi connectivity index (χ3n) is 7.39. The maximum atomic E-state index is 11.1. The van der Waals surface area contributed by atoms with Gasteiger partial charge in [-0.3, -0.25) is 4.57 Å². The fraction of sp³-hybridized carbons (Fsp3) is 0.667. The van der Waals surface area contributed by atoms with Crippen LogP contribution in [0.5, 0.6) is 0 Å². The highest BCUT2D eigenvalue weighted by atomic mass is 31.2. The number of aliphatic hydroxyl groups is 1. The molecule has 4 N–H and O–H groups in total. The summed E-state index contributed by atoms with van der Waals surface area (Å²) in [6, 6.07) is 2.35. The van der Waals surface area contributed by atoms with E-state index in [1.165, 1.54) is 12.8 Å². The quantitative estimate of drug-likeness (QED) is 0.331. The SMILES string of the molecule is C[C@@H]1[C@H](C)[C@H](COCP(=O)(O)O)O[C@H]1n1ccc2c(NC3CCCC3)nc(C#CC3(O)CC3)nc21. The molecule has 1 saturated heterocycles. The lowest BCUT2D eigenvalue weighted by molar-refractivity contribution is -0.0459. The predicted octanol–water partition coefficient (Wildman–Crippen LogP) is 2.98. The predicted molar refractivity (Wildman–Crippen MR) is 130 cm³/mol. The third-order valence-corrected chi connectivity index (χ3v) is 7.91. The average molecular weight is 505 g/mol. The second-order valence-electron chi connectivity index (χ2n) is 10.2. The van der Waals surface area contributed by atoms with E-state index in [0.29, 0.717) is 30.4 Å². The largest absolute Gasteiger partial charge is 0.378 e. The van der Waals surface area contributed by atoms with Crippen LogP contribution in [-0.2, 0) is 14.0 Å². The normalized spacial score (nSPS) is 28.3. The molecular weight excluding hydrogens is 471 g/mol. The molecule has 0 spiro atoms. The van der Waals surface area contributed by atoms with E-state index in [1.807, 2.05) is 16.8 Å². The van der Waals surface area contributed by atoms with Gasteiger partial charge in [-0.25, -0.2) is 9.97 Å². The molecule has 0 unspecified atom stereocenters. The highest BCUT2D eigenvalue weighted by Gasteiger charge is 2.41. The molecule has 2 saturated carbocycles. The zero-order valence-corrected chi connectivity index (χ0v) is 20.9. The molecule has 2 aliphatic carbocycles. The molecule has 0 radical (unpaired) electrons. The van der Waals surface area contributed by atoms with Crippen LogP contribution in [0.2, 0.25) is 0 Å². The Hall–Kier alpha value is -1.99. The summed E-state index contributed by atoms with van der Waals surface area (Å²) in [6.07, 6.45) is 6.63. The fourth-order valence-electron chi connectivity index (χ4n) is 4.91. The van der Waals surface area contributed by atoms with Crippen molar-refractivity contribution < 1.29 is 28.9 Å². The third kappa shape index (κ3) is 5.56. The van der Waals surface area contributed by atoms with Crippen LogP contribution in [0, 0.1) is 23.7 Å². The van der Waals surface area contributed by atoms with Gasteiger partial charge in [0.25, 0.3) is 0 Å². The van der Waals surface area contributed by atoms with Gasteiger partial charge in [0.05, 0.1) is 18.1 Å². The van der Waals surface area contributed by atoms with Gasteiger partial charge in [-0.2, -0.15) is 0 Å². The number of hydrogen-bond acceptors (Lipinski definition) is 7. The Kier molecular flexibility index (Phi) is 6.68. The smallest absolute Gasteiger partial charge is 0.350 e. The summed E-state index contributed by atoms with van der Waals surface area (Å²) in [5.41, 5.74) is -0.216. The first-order chi connectivity index (χ1) is 16.6. The Labute approximate surface area is 204 Å². The minimum Gasteiger partial charge on any atom is -0.378 e. The fourth-order valence-corrected chi connectivity index (χ4v) is 5.25. The summed E-state index contributed by atoms with van der Waals surface area (Å²) in [5.74, 6) is 7.20. The monoisotopic (exact) mass is 504 g/mol. The number of hydrogen-bond donors (Lipinski definition) is 4. The molecule has 190 valence electrons. The second kappa shape index (κ2) is 9.47. The van der Waals surface area contributed by atoms with E-state index >= 15 is 0 Å². The second-order valence-corrected chi connectivity index (χ2v) is 11.8. The maximum Gasteiger partial charge on any atom is 0.350 e. The molecule has 10 nitrogen and oxygen atoms in total. The highest BCUT2D eigenvalue weighted by Crippen LogP contribution is 2.42. The van der Waals surface area contributed by atoms with E-state index in [0.717, 1.165) is 24.0 Å². The van der Waals surface area contributed by atoms with Crippen molar-refractivity contribution in [3.05, 3.63) is 18.1 Å². The summed E-state index contributed by atoms with van der Waals surface area (Å²) >= 11 is 0. The van der Waals surface area contributed by atoms with Gasteiger partial charge in [0.2, 0.25) is 5.82 Å². The van der Waals surface area contributed by atoms with Crippen molar-refractivity contribution in [2.24, 2.45) is 11.8 Å². The summed E-state index contributed by atoms with van der Waals surface area (Å²) in [7, 11) is -4.23. The van der Waals surface area contributed by atoms with Gasteiger partial charge in [-0.1, -0.05) is 32.6 Å². The summed E-state index contributed by atoms with van der Waals surface area (Å²) in [4.78, 5) is 27.6. The zero-order chi connectivity index (χ0) is 24.8. The lowest BCUT2D eigenvalue weighted by Gasteiger charge is -2.19. The van der Waals surface area contributed by atoms with Crippen molar-refractivity contribution in [2.75, 3.05) is 18.3 Å². The van der Waals surface area contributed by atoms with E-state index in [2.05, 4.69) is 31.0 Å². The molecule has 0 amide bonds. The van der Waals surface area contributed by atoms with E-state index < -0.39 is 19.5 Å². The summed E-state index contributed by atoms with van der Waals surface area (Å²) in [6.45, 7) is 4.24. The first-order valence-corrected chi connectivity index (χ1v) is 14.1. The average Bonchev–Trinajstić information content (AvgIpc) is 3.13. The van der Waals surface area contributed by atoms with Crippen LogP contribution in [0.15, 0.2) is 12.3 Å². The molecular formula is C24H33N4O6P. The van der Waals surface area contributed by atoms with E-state index in [4.69, 9.17) is 29.2 Å². The van der Waals surface area contributed by atoms with E-state index in [9.17, 15) is 9.67 Å². The zero-order valence-electron chi connectivity index (χ0n) is 20.1. The van der Waals surface area contributed by atoms with Crippen LogP contribution in [0.25, 0.3) is 11.0 Å². The van der Waals surface area contributed by atoms with Crippen LogP contribution in [-0.4, -0.2) is 60.1 Å². The van der Waals surface area contributed by atoms with Crippen LogP contribution in [0.1, 0.15) is 64.4 Å². The number of nitrogens with zero attached hydrogens (tertiary/aromatic N) is 3. The minimum absolute atomic E-state index is 0.102. The molecule has 4 atom stereocenters. The molecule has 2 aromatic rings. The highest BCUT2D eigenvalue weighted by molar-refractivity contribution is 7.51. The minimum atomic E-state index is -4.23. The molecule has 3 aliphatic rings. The van der Waals surface area contributed by atoms with Gasteiger partial charge in [0.1, 0.15) is 29.6 Å².